The number of anilines is 3. The van der Waals surface area contributed by atoms with Crippen LogP contribution in [0.4, 0.5) is 16.6 Å². The van der Waals surface area contributed by atoms with Crippen molar-refractivity contribution in [3.05, 3.63) is 160 Å². The molecule has 0 radical (unpaired) electrons. The van der Waals surface area contributed by atoms with Gasteiger partial charge < -0.3 is 30.9 Å². The molecule has 3 aliphatic heterocycles. The molecule has 4 aromatic carbocycles. The number of benzene rings is 4. The molecule has 4 aliphatic rings. The summed E-state index contributed by atoms with van der Waals surface area (Å²) in [4.78, 5) is 89.7. The summed E-state index contributed by atoms with van der Waals surface area (Å²) >= 11 is 2.96. The van der Waals surface area contributed by atoms with Gasteiger partial charge in [-0.05, 0) is 141 Å². The molecule has 0 spiro atoms. The van der Waals surface area contributed by atoms with E-state index in [-0.39, 0.29) is 49.3 Å². The highest BCUT2D eigenvalue weighted by Crippen LogP contribution is 2.36. The highest BCUT2D eigenvalue weighted by atomic mass is 32.2. The zero-order chi connectivity index (χ0) is 65.3. The van der Waals surface area contributed by atoms with E-state index in [4.69, 9.17) is 10.1 Å². The van der Waals surface area contributed by atoms with E-state index in [1.807, 2.05) is 129 Å². The van der Waals surface area contributed by atoms with Crippen LogP contribution in [0, 0.1) is 25.2 Å². The second-order valence-corrected chi connectivity index (χ2v) is 29.6. The number of para-hydroxylation sites is 1. The lowest BCUT2D eigenvalue weighted by Crippen LogP contribution is -2.57. The van der Waals surface area contributed by atoms with Gasteiger partial charge in [-0.2, -0.15) is 17.8 Å². The summed E-state index contributed by atoms with van der Waals surface area (Å²) in [6.45, 7) is 13.0. The zero-order valence-corrected chi connectivity index (χ0v) is 55.6. The quantitative estimate of drug-likeness (QED) is 0.0467. The number of amides is 5. The van der Waals surface area contributed by atoms with Crippen molar-refractivity contribution in [3.63, 3.8) is 0 Å². The van der Waals surface area contributed by atoms with Gasteiger partial charge in [0.2, 0.25) is 11.8 Å². The van der Waals surface area contributed by atoms with Crippen molar-refractivity contribution < 1.29 is 37.5 Å². The van der Waals surface area contributed by atoms with E-state index < -0.39 is 63.5 Å². The third-order valence-electron chi connectivity index (χ3n) is 18.5. The number of aryl methyl sites for hydroxylation is 1. The monoisotopic (exact) mass is 1310 g/mol. The Balaban J connectivity index is 0.707. The normalized spacial score (nSPS) is 18.8. The number of thiazole rings is 2. The topological polar surface area (TPSA) is 266 Å². The number of hydrogen-bond acceptors (Lipinski definition) is 16. The minimum atomic E-state index is -4.45. The molecule has 1 saturated carbocycles. The number of nitrogens with one attached hydrogen (secondary N) is 5. The van der Waals surface area contributed by atoms with Crippen molar-refractivity contribution in [1.29, 1.82) is 0 Å². The first-order valence-corrected chi connectivity index (χ1v) is 35.1. The predicted octanol–water partition coefficient (Wildman–Crippen LogP) is 10.2. The van der Waals surface area contributed by atoms with E-state index in [1.165, 1.54) is 39.8 Å². The molecule has 3 fully saturated rings. The van der Waals surface area contributed by atoms with Crippen LogP contribution in [-0.4, -0.2) is 127 Å². The molecule has 486 valence electrons. The van der Waals surface area contributed by atoms with Crippen molar-refractivity contribution in [3.8, 4) is 21.6 Å². The third kappa shape index (κ3) is 14.4. The number of rotatable bonds is 18. The SMILES string of the molecule is Cc1ncsc1-c1ccc([C@H](C)NC(=O)[C@@H]2C[C@@H](O)CN2C(=O)[C@@H](NC(=O)c2ccc(NC3CCCN(S(=O)(=O)NC(=O)c4nc(N5CCc6cccc(C(=O)Nc7nc8ccccc8s7)c6C5)ccc4-c4cnn(CC5CCCCC5)c4C)C3)cc2)C(C)(C)C)cc1. The van der Waals surface area contributed by atoms with Gasteiger partial charge in [0.1, 0.15) is 23.6 Å². The Morgan fingerprint density at radius 2 is 1.57 bits per heavy atom. The number of aromatic nitrogens is 5. The Labute approximate surface area is 550 Å². The van der Waals surface area contributed by atoms with E-state index >= 15 is 0 Å². The Bertz CT molecular complexity index is 4180. The molecule has 21 nitrogen and oxygen atoms in total. The Kier molecular flexibility index (Phi) is 19.0. The van der Waals surface area contributed by atoms with E-state index in [0.717, 1.165) is 68.1 Å². The van der Waals surface area contributed by atoms with Crippen LogP contribution in [0.3, 0.4) is 0 Å². The Morgan fingerprint density at radius 1 is 0.796 bits per heavy atom. The molecule has 5 amide bonds. The summed E-state index contributed by atoms with van der Waals surface area (Å²) in [6, 6.07) is 28.8. The van der Waals surface area contributed by atoms with Crippen LogP contribution >= 0.6 is 22.7 Å². The first kappa shape index (κ1) is 64.7. The molecule has 7 heterocycles. The molecular formula is C69H79N13O8S3. The van der Waals surface area contributed by atoms with Crippen LogP contribution in [-0.2, 0) is 39.3 Å². The zero-order valence-electron chi connectivity index (χ0n) is 53.1. The molecule has 12 rings (SSSR count). The largest absolute Gasteiger partial charge is 0.391 e. The summed E-state index contributed by atoms with van der Waals surface area (Å²) < 4.78 is 35.6. The number of carbonyl (C=O) groups excluding carboxylic acids is 5. The number of hydrogen-bond donors (Lipinski definition) is 6. The highest BCUT2D eigenvalue weighted by Gasteiger charge is 2.45. The number of nitrogens with zero attached hydrogens (tertiary/aromatic N) is 8. The van der Waals surface area contributed by atoms with Crippen LogP contribution in [0.5, 0.6) is 0 Å². The van der Waals surface area contributed by atoms with Gasteiger partial charge in [-0.15, -0.1) is 11.3 Å². The number of pyridine rings is 1. The minimum absolute atomic E-state index is 0.0275. The summed E-state index contributed by atoms with van der Waals surface area (Å²) in [7, 11) is -4.45. The smallest absolute Gasteiger partial charge is 0.304 e. The highest BCUT2D eigenvalue weighted by molar-refractivity contribution is 7.87. The Morgan fingerprint density at radius 3 is 2.31 bits per heavy atom. The Hall–Kier alpha value is -8.42. The van der Waals surface area contributed by atoms with Crippen molar-refractivity contribution in [2.45, 2.75) is 143 Å². The maximum absolute atomic E-state index is 14.8. The van der Waals surface area contributed by atoms with Crippen molar-refractivity contribution >= 4 is 89.3 Å². The number of β-amino-alcohol motifs (C(OH)–C–C–N with tert-alkyl or cyclic N) is 1. The molecule has 2 saturated heterocycles. The summed E-state index contributed by atoms with van der Waals surface area (Å²) in [5, 5.41) is 28.5. The van der Waals surface area contributed by atoms with Gasteiger partial charge >= 0.3 is 10.2 Å². The molecule has 4 aromatic heterocycles. The lowest BCUT2D eigenvalue weighted by molar-refractivity contribution is -0.142. The molecule has 8 aromatic rings. The van der Waals surface area contributed by atoms with E-state index in [2.05, 4.69) is 36.0 Å². The third-order valence-corrected chi connectivity index (χ3v) is 21.9. The number of likely N-dealkylation sites (tertiary alicyclic amines) is 1. The van der Waals surface area contributed by atoms with Gasteiger partial charge in [-0.3, -0.25) is 34.0 Å². The number of aliphatic hydroxyl groups excluding tert-OH is 1. The minimum Gasteiger partial charge on any atom is -0.391 e. The fourth-order valence-corrected chi connectivity index (χ4v) is 16.2. The second-order valence-electron chi connectivity index (χ2n) is 26.1. The van der Waals surface area contributed by atoms with E-state index in [1.54, 1.807) is 47.9 Å². The molecule has 93 heavy (non-hydrogen) atoms. The number of piperidine rings is 1. The average Bonchev–Trinajstić information content (AvgIpc) is 1.82. The molecule has 1 aliphatic carbocycles. The maximum atomic E-state index is 14.8. The molecular weight excluding hydrogens is 1240 g/mol. The summed E-state index contributed by atoms with van der Waals surface area (Å²) in [5.41, 5.74) is 9.74. The molecule has 5 atom stereocenters. The molecule has 6 N–H and O–H groups in total. The fraction of sp³-hybridized carbons (Fsp3) is 0.406. The van der Waals surface area contributed by atoms with Crippen molar-refractivity contribution in [1.82, 2.24) is 49.3 Å². The van der Waals surface area contributed by atoms with Crippen LogP contribution in [0.15, 0.2) is 115 Å². The predicted molar refractivity (Wildman–Crippen MR) is 362 cm³/mol. The molecule has 24 heteroatoms. The van der Waals surface area contributed by atoms with Crippen molar-refractivity contribution in [2.75, 3.05) is 41.7 Å². The maximum Gasteiger partial charge on any atom is 0.304 e. The standard InChI is InChI=1S/C69H79N13O8S3/c1-41(45-21-23-47(24-22-45)61-42(2)70-40-91-61)72-65(86)57-34-51(83)38-81(57)67(88)62(69(4,5)6)76-63(84)48-25-27-49(28-26-48)73-50-17-13-32-80(37-50)93(89,90)78-66(87)60-52(54-35-71-82(43(54)3)36-44-14-8-7-9-15-44)29-30-59(75-60)79-33-31-46-16-12-18-53(55(46)39-79)64(85)77-68-74-56-19-10-11-20-58(56)92-68/h10-12,16,18-30,35,40-41,44,50-51,57,62,73,83H,7-9,13-15,17,31-34,36-39H2,1-6H3,(H,72,86)(H,76,84)(H,78,87)(H,74,77,85)/t41-,50?,51+,57-,62+/m0/s1. The van der Waals surface area contributed by atoms with Gasteiger partial charge in [0.25, 0.3) is 17.7 Å². The molecule has 1 unspecified atom stereocenters. The van der Waals surface area contributed by atoms with Crippen LogP contribution in [0.1, 0.15) is 144 Å². The van der Waals surface area contributed by atoms with Crippen molar-refractivity contribution in [2.24, 2.45) is 11.3 Å². The second kappa shape index (κ2) is 27.3. The number of carbonyl (C=O) groups is 5. The van der Waals surface area contributed by atoms with E-state index in [9.17, 15) is 37.5 Å². The van der Waals surface area contributed by atoms with Gasteiger partial charge in [0.15, 0.2) is 5.13 Å². The lowest BCUT2D eigenvalue weighted by Gasteiger charge is -2.35. The van der Waals surface area contributed by atoms with Gasteiger partial charge in [0.05, 0.1) is 44.6 Å². The van der Waals surface area contributed by atoms with Crippen LogP contribution in [0.25, 0.3) is 31.8 Å². The number of fused-ring (bicyclic) bond motifs is 2. The van der Waals surface area contributed by atoms with E-state index in [0.29, 0.717) is 71.6 Å². The number of aliphatic hydroxyl groups is 1. The van der Waals surface area contributed by atoms with Crippen LogP contribution in [0.2, 0.25) is 0 Å². The fourth-order valence-electron chi connectivity index (χ4n) is 13.3. The van der Waals surface area contributed by atoms with Gasteiger partial charge in [-0.25, -0.2) is 19.7 Å². The average molecular weight is 1310 g/mol. The summed E-state index contributed by atoms with van der Waals surface area (Å²) in [6.07, 6.45) is 8.35. The van der Waals surface area contributed by atoms with Gasteiger partial charge in [-0.1, -0.05) is 99.9 Å². The van der Waals surface area contributed by atoms with Crippen LogP contribution < -0.4 is 30.9 Å². The molecule has 0 bridgehead atoms. The summed E-state index contributed by atoms with van der Waals surface area (Å²) in [5.74, 6) is -1.67. The first-order chi connectivity index (χ1) is 44.6. The first-order valence-electron chi connectivity index (χ1n) is 32.0. The lowest BCUT2D eigenvalue weighted by atomic mass is 9.85. The van der Waals surface area contributed by atoms with Gasteiger partial charge in [0, 0.05) is 85.4 Å².